The van der Waals surface area contributed by atoms with E-state index in [0.29, 0.717) is 44.0 Å². The SMILES string of the molecule is CN(C)C(=O)CN1CCN(C(=O)c2ccc(N3CCNCC3)c(NS(=O)(=O)c3ccccc3)c2)CC1. The summed E-state index contributed by atoms with van der Waals surface area (Å²) >= 11 is 0. The fourth-order valence-corrected chi connectivity index (χ4v) is 5.45. The molecule has 2 aromatic carbocycles. The van der Waals surface area contributed by atoms with Gasteiger partial charge in [0.05, 0.1) is 22.8 Å². The Hall–Kier alpha value is -3.15. The lowest BCUT2D eigenvalue weighted by Crippen LogP contribution is -2.51. The number of amides is 2. The Morgan fingerprint density at radius 1 is 0.944 bits per heavy atom. The summed E-state index contributed by atoms with van der Waals surface area (Å²) in [6.45, 7) is 5.63. The molecule has 0 unspecified atom stereocenters. The number of sulfonamides is 1. The van der Waals surface area contributed by atoms with E-state index in [0.717, 1.165) is 31.9 Å². The molecule has 36 heavy (non-hydrogen) atoms. The van der Waals surface area contributed by atoms with Crippen molar-refractivity contribution in [2.45, 2.75) is 4.90 Å². The minimum absolute atomic E-state index is 0.0358. The molecule has 0 radical (unpaired) electrons. The van der Waals surface area contributed by atoms with Crippen LogP contribution in [0.5, 0.6) is 0 Å². The molecule has 2 aromatic rings. The number of likely N-dealkylation sites (N-methyl/N-ethyl adjacent to an activating group) is 1. The zero-order chi connectivity index (χ0) is 25.7. The largest absolute Gasteiger partial charge is 0.367 e. The molecule has 2 N–H and O–H groups in total. The highest BCUT2D eigenvalue weighted by Gasteiger charge is 2.26. The van der Waals surface area contributed by atoms with Gasteiger partial charge in [0, 0.05) is 72.0 Å². The number of hydrogen-bond donors (Lipinski definition) is 2. The van der Waals surface area contributed by atoms with Crippen molar-refractivity contribution in [1.29, 1.82) is 0 Å². The molecule has 2 amide bonds. The summed E-state index contributed by atoms with van der Waals surface area (Å²) in [5.41, 5.74) is 1.57. The number of nitrogens with one attached hydrogen (secondary N) is 2. The number of rotatable bonds is 7. The van der Waals surface area contributed by atoms with Gasteiger partial charge in [-0.15, -0.1) is 0 Å². The van der Waals surface area contributed by atoms with Crippen LogP contribution in [0.3, 0.4) is 0 Å². The number of carbonyl (C=O) groups is 2. The summed E-state index contributed by atoms with van der Waals surface area (Å²) in [6.07, 6.45) is 0. The minimum atomic E-state index is -3.83. The van der Waals surface area contributed by atoms with Crippen molar-refractivity contribution in [2.75, 3.05) is 82.6 Å². The maximum Gasteiger partial charge on any atom is 0.261 e. The van der Waals surface area contributed by atoms with Gasteiger partial charge in [0.25, 0.3) is 15.9 Å². The molecule has 0 aromatic heterocycles. The normalized spacial score (nSPS) is 17.1. The van der Waals surface area contributed by atoms with Crippen LogP contribution < -0.4 is 14.9 Å². The Balaban J connectivity index is 1.54. The lowest BCUT2D eigenvalue weighted by atomic mass is 10.1. The van der Waals surface area contributed by atoms with Crippen LogP contribution in [0.1, 0.15) is 10.4 Å². The number of benzene rings is 2. The van der Waals surface area contributed by atoms with Gasteiger partial charge >= 0.3 is 0 Å². The fraction of sp³-hybridized carbons (Fsp3) is 0.440. The topological polar surface area (TPSA) is 105 Å². The van der Waals surface area contributed by atoms with Crippen LogP contribution in [0.25, 0.3) is 0 Å². The molecule has 0 atom stereocenters. The van der Waals surface area contributed by atoms with Gasteiger partial charge in [0.15, 0.2) is 0 Å². The van der Waals surface area contributed by atoms with E-state index >= 15 is 0 Å². The Bertz CT molecular complexity index is 1170. The molecule has 2 heterocycles. The van der Waals surface area contributed by atoms with Crippen LogP contribution in [0, 0.1) is 0 Å². The van der Waals surface area contributed by atoms with E-state index in [4.69, 9.17) is 0 Å². The van der Waals surface area contributed by atoms with Crippen LogP contribution in [0.15, 0.2) is 53.4 Å². The minimum Gasteiger partial charge on any atom is -0.367 e. The average Bonchev–Trinajstić information content (AvgIpc) is 2.89. The molecule has 0 saturated carbocycles. The molecular formula is C25H34N6O4S. The lowest BCUT2D eigenvalue weighted by molar-refractivity contribution is -0.130. The summed E-state index contributed by atoms with van der Waals surface area (Å²) < 4.78 is 29.0. The quantitative estimate of drug-likeness (QED) is 0.562. The van der Waals surface area contributed by atoms with Crippen molar-refractivity contribution in [1.82, 2.24) is 20.0 Å². The molecule has 10 nitrogen and oxygen atoms in total. The van der Waals surface area contributed by atoms with Crippen LogP contribution in [0.2, 0.25) is 0 Å². The highest BCUT2D eigenvalue weighted by Crippen LogP contribution is 2.30. The van der Waals surface area contributed by atoms with E-state index in [1.807, 2.05) is 11.0 Å². The van der Waals surface area contributed by atoms with Crippen molar-refractivity contribution in [2.24, 2.45) is 0 Å². The Morgan fingerprint density at radius 2 is 1.61 bits per heavy atom. The number of piperazine rings is 2. The van der Waals surface area contributed by atoms with E-state index in [1.54, 1.807) is 66.4 Å². The lowest BCUT2D eigenvalue weighted by Gasteiger charge is -2.35. The van der Waals surface area contributed by atoms with Gasteiger partial charge in [0.2, 0.25) is 5.91 Å². The molecule has 0 aliphatic carbocycles. The van der Waals surface area contributed by atoms with Crippen molar-refractivity contribution in [3.63, 3.8) is 0 Å². The Labute approximate surface area is 212 Å². The molecule has 2 saturated heterocycles. The average molecular weight is 515 g/mol. The second-order valence-corrected chi connectivity index (χ2v) is 10.9. The third-order valence-electron chi connectivity index (χ3n) is 6.52. The van der Waals surface area contributed by atoms with Crippen LogP contribution in [-0.2, 0) is 14.8 Å². The standard InChI is InChI=1S/C25H34N6O4S/c1-28(2)24(32)19-29-14-16-31(17-15-29)25(33)20-8-9-23(30-12-10-26-11-13-30)22(18-20)27-36(34,35)21-6-4-3-5-7-21/h3-9,18,26-27H,10-17,19H2,1-2H3. The monoisotopic (exact) mass is 514 g/mol. The smallest absolute Gasteiger partial charge is 0.261 e. The molecule has 4 rings (SSSR count). The highest BCUT2D eigenvalue weighted by atomic mass is 32.2. The Kier molecular flexibility index (Phi) is 8.12. The van der Waals surface area contributed by atoms with Gasteiger partial charge in [-0.2, -0.15) is 0 Å². The van der Waals surface area contributed by atoms with Gasteiger partial charge in [-0.25, -0.2) is 8.42 Å². The van der Waals surface area contributed by atoms with Gasteiger partial charge in [-0.05, 0) is 30.3 Å². The first-order valence-electron chi connectivity index (χ1n) is 12.1. The zero-order valence-corrected chi connectivity index (χ0v) is 21.6. The summed E-state index contributed by atoms with van der Waals surface area (Å²) in [5, 5.41) is 3.30. The zero-order valence-electron chi connectivity index (χ0n) is 20.8. The number of anilines is 2. The second kappa shape index (κ2) is 11.3. The van der Waals surface area contributed by atoms with Crippen molar-refractivity contribution in [3.05, 3.63) is 54.1 Å². The van der Waals surface area contributed by atoms with Crippen LogP contribution in [-0.4, -0.2) is 108 Å². The van der Waals surface area contributed by atoms with Crippen LogP contribution in [0.4, 0.5) is 11.4 Å². The molecule has 0 spiro atoms. The molecule has 2 fully saturated rings. The maximum atomic E-state index is 13.3. The first kappa shape index (κ1) is 25.9. The van der Waals surface area contributed by atoms with E-state index in [9.17, 15) is 18.0 Å². The number of nitrogens with zero attached hydrogens (tertiary/aromatic N) is 4. The van der Waals surface area contributed by atoms with E-state index in [-0.39, 0.29) is 16.7 Å². The number of carbonyl (C=O) groups excluding carboxylic acids is 2. The molecule has 2 aliphatic rings. The summed E-state index contributed by atoms with van der Waals surface area (Å²) in [4.78, 5) is 33.0. The molecule has 11 heteroatoms. The number of hydrogen-bond acceptors (Lipinski definition) is 7. The first-order chi connectivity index (χ1) is 17.2. The van der Waals surface area contributed by atoms with Gasteiger partial charge < -0.3 is 20.0 Å². The molecule has 194 valence electrons. The molecule has 2 aliphatic heterocycles. The fourth-order valence-electron chi connectivity index (χ4n) is 4.36. The highest BCUT2D eigenvalue weighted by molar-refractivity contribution is 7.92. The van der Waals surface area contributed by atoms with Crippen LogP contribution >= 0.6 is 0 Å². The molecule has 0 bridgehead atoms. The summed E-state index contributed by atoms with van der Waals surface area (Å²) in [7, 11) is -0.364. The van der Waals surface area contributed by atoms with E-state index in [2.05, 4.69) is 14.9 Å². The van der Waals surface area contributed by atoms with Gasteiger partial charge in [-0.3, -0.25) is 19.2 Å². The summed E-state index contributed by atoms with van der Waals surface area (Å²) in [5.74, 6) is -0.116. The second-order valence-electron chi connectivity index (χ2n) is 9.24. The predicted octanol–water partition coefficient (Wildman–Crippen LogP) is 0.743. The van der Waals surface area contributed by atoms with Gasteiger partial charge in [-0.1, -0.05) is 18.2 Å². The van der Waals surface area contributed by atoms with Crippen molar-refractivity contribution >= 4 is 33.2 Å². The van der Waals surface area contributed by atoms with E-state index in [1.165, 1.54) is 0 Å². The maximum absolute atomic E-state index is 13.3. The molecular weight excluding hydrogens is 480 g/mol. The summed E-state index contributed by atoms with van der Waals surface area (Å²) in [6, 6.07) is 13.4. The van der Waals surface area contributed by atoms with Crippen molar-refractivity contribution in [3.8, 4) is 0 Å². The van der Waals surface area contributed by atoms with Crippen molar-refractivity contribution < 1.29 is 18.0 Å². The van der Waals surface area contributed by atoms with E-state index < -0.39 is 10.0 Å². The predicted molar refractivity (Wildman–Crippen MR) is 140 cm³/mol. The van der Waals surface area contributed by atoms with Gasteiger partial charge in [0.1, 0.15) is 0 Å². The Morgan fingerprint density at radius 3 is 2.25 bits per heavy atom. The third-order valence-corrected chi connectivity index (χ3v) is 7.90. The third kappa shape index (κ3) is 6.15. The first-order valence-corrected chi connectivity index (χ1v) is 13.6.